The fraction of sp³-hybridized carbons (Fsp3) is 0.727. The monoisotopic (exact) mass is 182 g/mol. The van der Waals surface area contributed by atoms with Gasteiger partial charge in [-0.15, -0.1) is 0 Å². The van der Waals surface area contributed by atoms with E-state index in [-0.39, 0.29) is 0 Å². The molecule has 0 aliphatic rings. The molecule has 0 spiro atoms. The molecule has 0 radical (unpaired) electrons. The van der Waals surface area contributed by atoms with Crippen LogP contribution < -0.4 is 0 Å². The number of hydrogen-bond donors (Lipinski definition) is 0. The standard InChI is InChI=1S/C11H22N2/c1-5-7-9-13(10-8-6-2)11(3)12-4/h3-10H2,1-2H3. The minimum absolute atomic E-state index is 0.821. The van der Waals surface area contributed by atoms with Gasteiger partial charge in [-0.2, -0.15) is 0 Å². The summed E-state index contributed by atoms with van der Waals surface area (Å²) in [4.78, 5) is 6.10. The van der Waals surface area contributed by atoms with Crippen LogP contribution in [0.5, 0.6) is 0 Å². The van der Waals surface area contributed by atoms with Gasteiger partial charge in [0.25, 0.3) is 0 Å². The summed E-state index contributed by atoms with van der Waals surface area (Å²) in [7, 11) is 0. The van der Waals surface area contributed by atoms with Crippen molar-refractivity contribution in [2.75, 3.05) is 13.1 Å². The lowest BCUT2D eigenvalue weighted by atomic mass is 10.2. The Morgan fingerprint density at radius 1 is 1.15 bits per heavy atom. The summed E-state index contributed by atoms with van der Waals surface area (Å²) in [6.45, 7) is 13.9. The Kier molecular flexibility index (Phi) is 7.36. The summed E-state index contributed by atoms with van der Waals surface area (Å²) in [6, 6.07) is 0. The highest BCUT2D eigenvalue weighted by Crippen LogP contribution is 2.06. The van der Waals surface area contributed by atoms with Crippen LogP contribution in [-0.2, 0) is 0 Å². The summed E-state index contributed by atoms with van der Waals surface area (Å²) in [5.41, 5.74) is 0. The Morgan fingerprint density at radius 2 is 1.62 bits per heavy atom. The molecule has 2 heteroatoms. The Hall–Kier alpha value is -0.790. The van der Waals surface area contributed by atoms with Crippen LogP contribution in [0.15, 0.2) is 17.4 Å². The molecular weight excluding hydrogens is 160 g/mol. The predicted molar refractivity (Wildman–Crippen MR) is 60.1 cm³/mol. The average Bonchev–Trinajstić information content (AvgIpc) is 2.17. The first-order valence-corrected chi connectivity index (χ1v) is 5.16. The zero-order valence-corrected chi connectivity index (χ0v) is 9.05. The van der Waals surface area contributed by atoms with Crippen LogP contribution in [0.3, 0.4) is 0 Å². The molecule has 0 aliphatic carbocycles. The van der Waals surface area contributed by atoms with Gasteiger partial charge in [0.2, 0.25) is 0 Å². The van der Waals surface area contributed by atoms with E-state index in [9.17, 15) is 0 Å². The minimum Gasteiger partial charge on any atom is -0.357 e. The van der Waals surface area contributed by atoms with Crippen LogP contribution >= 0.6 is 0 Å². The lowest BCUT2D eigenvalue weighted by Crippen LogP contribution is -2.23. The van der Waals surface area contributed by atoms with Crippen molar-refractivity contribution in [3.05, 3.63) is 12.4 Å². The molecule has 0 fully saturated rings. The van der Waals surface area contributed by atoms with Gasteiger partial charge in [-0.25, -0.2) is 4.99 Å². The van der Waals surface area contributed by atoms with Crippen LogP contribution in [0.2, 0.25) is 0 Å². The van der Waals surface area contributed by atoms with Gasteiger partial charge in [0.1, 0.15) is 5.82 Å². The van der Waals surface area contributed by atoms with Crippen LogP contribution in [0.25, 0.3) is 0 Å². The van der Waals surface area contributed by atoms with Gasteiger partial charge in [-0.05, 0) is 19.6 Å². The van der Waals surface area contributed by atoms with Crippen molar-refractivity contribution in [3.63, 3.8) is 0 Å². The second-order valence-electron chi connectivity index (χ2n) is 3.27. The fourth-order valence-electron chi connectivity index (χ4n) is 1.17. The van der Waals surface area contributed by atoms with Crippen molar-refractivity contribution < 1.29 is 0 Å². The van der Waals surface area contributed by atoms with Crippen molar-refractivity contribution in [1.29, 1.82) is 0 Å². The third-order valence-electron chi connectivity index (χ3n) is 2.11. The van der Waals surface area contributed by atoms with Crippen LogP contribution in [0.1, 0.15) is 39.5 Å². The first-order valence-electron chi connectivity index (χ1n) is 5.16. The molecule has 13 heavy (non-hydrogen) atoms. The highest BCUT2D eigenvalue weighted by molar-refractivity contribution is 5.27. The van der Waals surface area contributed by atoms with E-state index < -0.39 is 0 Å². The molecule has 0 saturated heterocycles. The number of aliphatic imine (C=N–C) groups is 1. The molecular formula is C11H22N2. The zero-order valence-electron chi connectivity index (χ0n) is 9.05. The van der Waals surface area contributed by atoms with E-state index in [4.69, 9.17) is 0 Å². The molecule has 2 nitrogen and oxygen atoms in total. The summed E-state index contributed by atoms with van der Waals surface area (Å²) in [5, 5.41) is 0. The third-order valence-corrected chi connectivity index (χ3v) is 2.11. The number of nitrogens with zero attached hydrogens (tertiary/aromatic N) is 2. The van der Waals surface area contributed by atoms with E-state index in [2.05, 4.69) is 37.0 Å². The van der Waals surface area contributed by atoms with Crippen LogP contribution in [0, 0.1) is 0 Å². The maximum Gasteiger partial charge on any atom is 0.120 e. The van der Waals surface area contributed by atoms with E-state index in [1.165, 1.54) is 25.7 Å². The molecule has 0 aromatic heterocycles. The van der Waals surface area contributed by atoms with E-state index in [0.29, 0.717) is 0 Å². The normalized spacial score (nSPS) is 9.69. The lowest BCUT2D eigenvalue weighted by molar-refractivity contribution is 0.330. The van der Waals surface area contributed by atoms with Crippen molar-refractivity contribution in [2.24, 2.45) is 4.99 Å². The van der Waals surface area contributed by atoms with Crippen LogP contribution in [0.4, 0.5) is 0 Å². The summed E-state index contributed by atoms with van der Waals surface area (Å²) in [5.74, 6) is 0.821. The molecule has 0 amide bonds. The van der Waals surface area contributed by atoms with Gasteiger partial charge in [0.05, 0.1) is 0 Å². The van der Waals surface area contributed by atoms with Gasteiger partial charge >= 0.3 is 0 Å². The molecule has 0 aromatic carbocycles. The van der Waals surface area contributed by atoms with Gasteiger partial charge in [0.15, 0.2) is 0 Å². The summed E-state index contributed by atoms with van der Waals surface area (Å²) in [6.07, 6.45) is 4.84. The Balaban J connectivity index is 3.86. The van der Waals surface area contributed by atoms with Crippen molar-refractivity contribution in [3.8, 4) is 0 Å². The average molecular weight is 182 g/mol. The van der Waals surface area contributed by atoms with Gasteiger partial charge < -0.3 is 4.90 Å². The largest absolute Gasteiger partial charge is 0.357 e. The third kappa shape index (κ3) is 5.45. The van der Waals surface area contributed by atoms with E-state index in [1.54, 1.807) is 0 Å². The summed E-state index contributed by atoms with van der Waals surface area (Å²) >= 11 is 0. The SMILES string of the molecule is C=NC(=C)N(CCCC)CCCC. The topological polar surface area (TPSA) is 15.6 Å². The first kappa shape index (κ1) is 12.2. The van der Waals surface area contributed by atoms with E-state index in [0.717, 1.165) is 18.9 Å². The van der Waals surface area contributed by atoms with E-state index >= 15 is 0 Å². The molecule has 76 valence electrons. The minimum atomic E-state index is 0.821. The molecule has 0 heterocycles. The molecule has 0 bridgehead atoms. The highest BCUT2D eigenvalue weighted by Gasteiger charge is 2.03. The Labute approximate surface area is 82.4 Å². The number of hydrogen-bond acceptors (Lipinski definition) is 2. The molecule has 0 saturated carbocycles. The molecule has 0 aliphatic heterocycles. The van der Waals surface area contributed by atoms with Gasteiger partial charge in [0, 0.05) is 13.1 Å². The molecule has 0 N–H and O–H groups in total. The number of rotatable bonds is 8. The first-order chi connectivity index (χ1) is 6.26. The Morgan fingerprint density at radius 3 is 1.92 bits per heavy atom. The fourth-order valence-corrected chi connectivity index (χ4v) is 1.17. The van der Waals surface area contributed by atoms with Crippen molar-refractivity contribution in [1.82, 2.24) is 4.90 Å². The lowest BCUT2D eigenvalue weighted by Gasteiger charge is -2.23. The van der Waals surface area contributed by atoms with Crippen molar-refractivity contribution in [2.45, 2.75) is 39.5 Å². The second-order valence-corrected chi connectivity index (χ2v) is 3.27. The quantitative estimate of drug-likeness (QED) is 0.527. The highest BCUT2D eigenvalue weighted by atomic mass is 15.2. The molecule has 0 atom stereocenters. The predicted octanol–water partition coefficient (Wildman–Crippen LogP) is 3.06. The van der Waals surface area contributed by atoms with Gasteiger partial charge in [-0.3, -0.25) is 0 Å². The smallest absolute Gasteiger partial charge is 0.120 e. The Bertz CT molecular complexity index is 144. The maximum absolute atomic E-state index is 3.88. The molecule has 0 unspecified atom stereocenters. The zero-order chi connectivity index (χ0) is 10.1. The summed E-state index contributed by atoms with van der Waals surface area (Å²) < 4.78 is 0. The van der Waals surface area contributed by atoms with Crippen LogP contribution in [-0.4, -0.2) is 24.7 Å². The maximum atomic E-state index is 3.88. The number of unbranched alkanes of at least 4 members (excludes halogenated alkanes) is 2. The molecule has 0 aromatic rings. The van der Waals surface area contributed by atoms with Gasteiger partial charge in [-0.1, -0.05) is 33.3 Å². The van der Waals surface area contributed by atoms with Crippen molar-refractivity contribution >= 4 is 6.72 Å². The molecule has 0 rings (SSSR count). The van der Waals surface area contributed by atoms with E-state index in [1.807, 2.05) is 0 Å². The second kappa shape index (κ2) is 7.84.